The second kappa shape index (κ2) is 8.30. The monoisotopic (exact) mass is 440 g/mol. The van der Waals surface area contributed by atoms with Gasteiger partial charge in [0.25, 0.3) is 0 Å². The number of rotatable bonds is 5. The average Bonchev–Trinajstić information content (AvgIpc) is 3.33. The molecule has 1 unspecified atom stereocenters. The van der Waals surface area contributed by atoms with E-state index in [2.05, 4.69) is 117 Å². The number of hydrogen-bond donors (Lipinski definition) is 0. The van der Waals surface area contributed by atoms with Gasteiger partial charge in [-0.15, -0.1) is 0 Å². The van der Waals surface area contributed by atoms with Crippen LogP contribution in [0.5, 0.6) is 0 Å². The fraction of sp³-hybridized carbons (Fsp3) is 0.515. The second-order valence-electron chi connectivity index (χ2n) is 13.1. The van der Waals surface area contributed by atoms with Gasteiger partial charge in [0, 0.05) is 11.8 Å². The Morgan fingerprint density at radius 1 is 0.727 bits per heavy atom. The van der Waals surface area contributed by atoms with Gasteiger partial charge >= 0.3 is 0 Å². The van der Waals surface area contributed by atoms with Gasteiger partial charge in [-0.2, -0.15) is 0 Å². The van der Waals surface area contributed by atoms with Gasteiger partial charge in [0.2, 0.25) is 0 Å². The molecule has 0 radical (unpaired) electrons. The topological polar surface area (TPSA) is 0 Å². The van der Waals surface area contributed by atoms with Crippen molar-refractivity contribution in [1.82, 2.24) is 0 Å². The summed E-state index contributed by atoms with van der Waals surface area (Å²) in [6.07, 6.45) is 11.2. The smallest absolute Gasteiger partial charge is 0.0161 e. The zero-order valence-corrected chi connectivity index (χ0v) is 22.5. The summed E-state index contributed by atoms with van der Waals surface area (Å²) >= 11 is 0. The first kappa shape index (κ1) is 24.1. The average molecular weight is 441 g/mol. The third-order valence-electron chi connectivity index (χ3n) is 8.08. The molecule has 0 saturated heterocycles. The summed E-state index contributed by atoms with van der Waals surface area (Å²) in [4.78, 5) is 0. The molecule has 4 rings (SSSR count). The van der Waals surface area contributed by atoms with Crippen molar-refractivity contribution in [1.29, 1.82) is 0 Å². The molecule has 0 amide bonds. The van der Waals surface area contributed by atoms with Crippen molar-refractivity contribution in [3.8, 4) is 11.1 Å². The van der Waals surface area contributed by atoms with Crippen LogP contribution >= 0.6 is 0 Å². The lowest BCUT2D eigenvalue weighted by molar-refractivity contribution is 0.267. The highest BCUT2D eigenvalue weighted by atomic mass is 14.5. The van der Waals surface area contributed by atoms with Gasteiger partial charge in [-0.05, 0) is 62.5 Å². The van der Waals surface area contributed by atoms with E-state index in [9.17, 15) is 0 Å². The normalized spacial score (nSPS) is 18.5. The van der Waals surface area contributed by atoms with Crippen LogP contribution in [0.15, 0.2) is 60.2 Å². The summed E-state index contributed by atoms with van der Waals surface area (Å²) in [6.45, 7) is 21.2. The summed E-state index contributed by atoms with van der Waals surface area (Å²) in [5.74, 6) is 0.875. The van der Waals surface area contributed by atoms with Crippen LogP contribution in [0.3, 0.4) is 0 Å². The molecule has 0 bridgehead atoms. The molecule has 0 heteroatoms. The Labute approximate surface area is 203 Å². The zero-order valence-electron chi connectivity index (χ0n) is 22.5. The predicted octanol–water partition coefficient (Wildman–Crippen LogP) is 9.72. The minimum atomic E-state index is 0.108. The lowest BCUT2D eigenvalue weighted by Crippen LogP contribution is -2.28. The van der Waals surface area contributed by atoms with Crippen LogP contribution in [0.4, 0.5) is 0 Å². The second-order valence-corrected chi connectivity index (χ2v) is 13.1. The molecule has 0 aliphatic heterocycles. The number of hydrogen-bond acceptors (Lipinski definition) is 0. The van der Waals surface area contributed by atoms with Crippen LogP contribution in [0.1, 0.15) is 110 Å². The standard InChI is InChI=1S/C33H44/c1-10-11-12-22-13-14-25(19-22)33(8,9)30-26-17-15-23(31(2,3)4)20-28(26)29-21-24(32(5,6)7)16-18-27(29)30/h13-21,25,30H,10-12H2,1-9H3. The summed E-state index contributed by atoms with van der Waals surface area (Å²) in [7, 11) is 0. The molecule has 1 atom stereocenters. The van der Waals surface area contributed by atoms with Crippen molar-refractivity contribution in [2.45, 2.75) is 98.3 Å². The van der Waals surface area contributed by atoms with Gasteiger partial charge in [-0.25, -0.2) is 0 Å². The quantitative estimate of drug-likeness (QED) is 0.434. The van der Waals surface area contributed by atoms with Gasteiger partial charge in [0.15, 0.2) is 0 Å². The minimum Gasteiger partial charge on any atom is -0.0768 e. The molecular formula is C33H44. The highest BCUT2D eigenvalue weighted by molar-refractivity contribution is 5.81. The fourth-order valence-electron chi connectivity index (χ4n) is 5.76. The molecule has 0 heterocycles. The fourth-order valence-corrected chi connectivity index (χ4v) is 5.76. The Bertz CT molecular complexity index is 1030. The third-order valence-corrected chi connectivity index (χ3v) is 8.08. The molecular weight excluding hydrogens is 396 g/mol. The highest BCUT2D eigenvalue weighted by Crippen LogP contribution is 2.57. The van der Waals surface area contributed by atoms with Gasteiger partial charge in [-0.1, -0.05) is 129 Å². The summed E-state index contributed by atoms with van der Waals surface area (Å²) in [5.41, 5.74) is 10.7. The molecule has 0 N–H and O–H groups in total. The molecule has 0 fully saturated rings. The van der Waals surface area contributed by atoms with E-state index in [4.69, 9.17) is 0 Å². The van der Waals surface area contributed by atoms with E-state index in [1.54, 1.807) is 0 Å². The maximum absolute atomic E-state index is 2.56. The van der Waals surface area contributed by atoms with E-state index >= 15 is 0 Å². The lowest BCUT2D eigenvalue weighted by atomic mass is 9.66. The molecule has 0 aromatic heterocycles. The number of fused-ring (bicyclic) bond motifs is 3. The third kappa shape index (κ3) is 4.39. The van der Waals surface area contributed by atoms with Crippen molar-refractivity contribution in [3.05, 3.63) is 82.5 Å². The van der Waals surface area contributed by atoms with Crippen LogP contribution in [0, 0.1) is 11.3 Å². The Kier molecular flexibility index (Phi) is 6.05. The molecule has 176 valence electrons. The Balaban J connectivity index is 1.84. The van der Waals surface area contributed by atoms with Crippen LogP contribution in [-0.4, -0.2) is 0 Å². The van der Waals surface area contributed by atoms with E-state index < -0.39 is 0 Å². The van der Waals surface area contributed by atoms with E-state index in [0.717, 1.165) is 0 Å². The number of unbranched alkanes of at least 4 members (excludes halogenated alkanes) is 1. The highest BCUT2D eigenvalue weighted by Gasteiger charge is 2.43. The van der Waals surface area contributed by atoms with Gasteiger partial charge in [0.1, 0.15) is 0 Å². The van der Waals surface area contributed by atoms with Crippen LogP contribution in [0.25, 0.3) is 11.1 Å². The number of allylic oxidation sites excluding steroid dienone is 4. The SMILES string of the molecule is CCCCC1=CC(C(C)(C)C2c3ccc(C(C)(C)C)cc3-c3cc(C(C)(C)C)ccc32)C=C1. The minimum absolute atomic E-state index is 0.108. The summed E-state index contributed by atoms with van der Waals surface area (Å²) in [6, 6.07) is 14.6. The molecule has 33 heavy (non-hydrogen) atoms. The van der Waals surface area contributed by atoms with Crippen molar-refractivity contribution in [2.24, 2.45) is 11.3 Å². The van der Waals surface area contributed by atoms with Crippen molar-refractivity contribution in [2.75, 3.05) is 0 Å². The van der Waals surface area contributed by atoms with E-state index in [1.165, 1.54) is 58.2 Å². The molecule has 0 spiro atoms. The molecule has 2 aliphatic carbocycles. The van der Waals surface area contributed by atoms with Crippen molar-refractivity contribution >= 4 is 0 Å². The Hall–Kier alpha value is -2.08. The number of benzene rings is 2. The predicted molar refractivity (Wildman–Crippen MR) is 145 cm³/mol. The maximum atomic E-state index is 2.56. The van der Waals surface area contributed by atoms with Crippen LogP contribution in [0.2, 0.25) is 0 Å². The van der Waals surface area contributed by atoms with Crippen LogP contribution < -0.4 is 0 Å². The van der Waals surface area contributed by atoms with E-state index in [-0.39, 0.29) is 16.2 Å². The van der Waals surface area contributed by atoms with Crippen LogP contribution in [-0.2, 0) is 10.8 Å². The Morgan fingerprint density at radius 3 is 1.70 bits per heavy atom. The lowest BCUT2D eigenvalue weighted by Gasteiger charge is -2.37. The maximum Gasteiger partial charge on any atom is 0.0161 e. The first-order valence-corrected chi connectivity index (χ1v) is 13.0. The van der Waals surface area contributed by atoms with E-state index in [0.29, 0.717) is 11.8 Å². The first-order chi connectivity index (χ1) is 15.3. The molecule has 2 aromatic carbocycles. The van der Waals surface area contributed by atoms with Gasteiger partial charge in [-0.3, -0.25) is 0 Å². The largest absolute Gasteiger partial charge is 0.0768 e. The van der Waals surface area contributed by atoms with Crippen molar-refractivity contribution < 1.29 is 0 Å². The first-order valence-electron chi connectivity index (χ1n) is 13.0. The summed E-state index contributed by atoms with van der Waals surface area (Å²) in [5, 5.41) is 0. The molecule has 0 saturated carbocycles. The molecule has 2 aliphatic rings. The molecule has 0 nitrogen and oxygen atoms in total. The summed E-state index contributed by atoms with van der Waals surface area (Å²) < 4.78 is 0. The molecule has 2 aromatic rings. The van der Waals surface area contributed by atoms with Gasteiger partial charge < -0.3 is 0 Å². The van der Waals surface area contributed by atoms with Crippen molar-refractivity contribution in [3.63, 3.8) is 0 Å². The zero-order chi connectivity index (χ0) is 24.2. The van der Waals surface area contributed by atoms with E-state index in [1.807, 2.05) is 0 Å². The Morgan fingerprint density at radius 2 is 1.24 bits per heavy atom. The van der Waals surface area contributed by atoms with Gasteiger partial charge in [0.05, 0.1) is 0 Å².